The number of para-hydroxylation sites is 1. The minimum Gasteiger partial charge on any atom is -0.490 e. The van der Waals surface area contributed by atoms with Crippen molar-refractivity contribution in [1.29, 1.82) is 0 Å². The highest BCUT2D eigenvalue weighted by Gasteiger charge is 2.48. The normalized spacial score (nSPS) is 17.7. The Labute approximate surface area is 323 Å². The van der Waals surface area contributed by atoms with E-state index >= 15 is 0 Å². The molecule has 2 aliphatic carbocycles. The van der Waals surface area contributed by atoms with Gasteiger partial charge in [-0.3, -0.25) is 4.98 Å². The first kappa shape index (κ1) is 42.2. The van der Waals surface area contributed by atoms with Crippen LogP contribution >= 0.6 is 11.6 Å². The van der Waals surface area contributed by atoms with Gasteiger partial charge in [0.25, 0.3) is 0 Å². The summed E-state index contributed by atoms with van der Waals surface area (Å²) in [5.41, 5.74) is 2.66. The van der Waals surface area contributed by atoms with E-state index in [0.717, 1.165) is 48.1 Å². The Morgan fingerprint density at radius 3 is 2.40 bits per heavy atom. The highest BCUT2D eigenvalue weighted by Crippen LogP contribution is 2.53. The summed E-state index contributed by atoms with van der Waals surface area (Å²) in [6, 6.07) is 11.8. The van der Waals surface area contributed by atoms with Crippen LogP contribution in [-0.4, -0.2) is 112 Å². The molecule has 1 aromatic heterocycles. The third kappa shape index (κ3) is 11.3. The third-order valence-corrected chi connectivity index (χ3v) is 11.3. The first-order valence-corrected chi connectivity index (χ1v) is 19.8. The van der Waals surface area contributed by atoms with Gasteiger partial charge in [-0.1, -0.05) is 29.8 Å². The molecule has 2 aliphatic rings. The number of unbranched alkanes of at least 4 members (excludes halogenated alkanes) is 1. The van der Waals surface area contributed by atoms with E-state index in [1.807, 2.05) is 30.3 Å². The molecule has 0 saturated heterocycles. The molecule has 0 spiro atoms. The zero-order valence-corrected chi connectivity index (χ0v) is 31.5. The molecule has 5 rings (SSSR count). The fourth-order valence-corrected chi connectivity index (χ4v) is 7.21. The zero-order valence-electron chi connectivity index (χ0n) is 29.9. The van der Waals surface area contributed by atoms with E-state index in [-0.39, 0.29) is 43.4 Å². The second kappa shape index (κ2) is 18.8. The fraction of sp³-hybridized carbons (Fsp3) is 0.486. The lowest BCUT2D eigenvalue weighted by molar-refractivity contribution is -0.139. The number of carbonyl (C=O) groups excluding carboxylic acids is 1. The van der Waals surface area contributed by atoms with Crippen LogP contribution in [0.15, 0.2) is 65.8 Å². The number of benzene rings is 2. The number of halogens is 1. The van der Waals surface area contributed by atoms with Crippen molar-refractivity contribution in [3.8, 4) is 16.9 Å². The molecule has 0 bridgehead atoms. The van der Waals surface area contributed by atoms with Crippen LogP contribution in [0.4, 0.5) is 4.79 Å². The Morgan fingerprint density at radius 1 is 0.982 bits per heavy atom. The van der Waals surface area contributed by atoms with Gasteiger partial charge in [-0.2, -0.15) is 0 Å². The van der Waals surface area contributed by atoms with Gasteiger partial charge in [0.05, 0.1) is 35.9 Å². The minimum atomic E-state index is -3.99. The molecule has 3 aromatic rings. The van der Waals surface area contributed by atoms with Crippen molar-refractivity contribution in [1.82, 2.24) is 20.3 Å². The van der Waals surface area contributed by atoms with Crippen molar-refractivity contribution in [2.75, 3.05) is 19.7 Å². The molecule has 55 heavy (non-hydrogen) atoms. The predicted octanol–water partition coefficient (Wildman–Crippen LogP) is 1.79. The van der Waals surface area contributed by atoms with Crippen LogP contribution in [0.2, 0.25) is 5.02 Å². The average Bonchev–Trinajstić information content (AvgIpc) is 4.13. The summed E-state index contributed by atoms with van der Waals surface area (Å²) in [6.07, 6.45) is 0.426. The largest absolute Gasteiger partial charge is 0.490 e. The quantitative estimate of drug-likeness (QED) is 0.0658. The summed E-state index contributed by atoms with van der Waals surface area (Å²) in [5.74, 6) is -0.552. The molecule has 18 heteroatoms. The van der Waals surface area contributed by atoms with Gasteiger partial charge in [0, 0.05) is 41.6 Å². The Kier molecular flexibility index (Phi) is 14.5. The highest BCUT2D eigenvalue weighted by atomic mass is 35.5. The number of nitrogens with zero attached hydrogens (tertiary/aromatic N) is 1. The van der Waals surface area contributed by atoms with E-state index in [0.29, 0.717) is 10.6 Å². The molecule has 16 nitrogen and oxygen atoms in total. The summed E-state index contributed by atoms with van der Waals surface area (Å²) in [7, 11) is -3.99. The van der Waals surface area contributed by atoms with E-state index in [1.165, 1.54) is 18.2 Å². The van der Waals surface area contributed by atoms with E-state index in [9.17, 15) is 43.5 Å². The van der Waals surface area contributed by atoms with Gasteiger partial charge in [-0.25, -0.2) is 22.7 Å². The fourth-order valence-electron chi connectivity index (χ4n) is 5.91. The number of rotatable bonds is 22. The molecule has 2 fully saturated rings. The van der Waals surface area contributed by atoms with Crippen molar-refractivity contribution in [3.05, 3.63) is 77.1 Å². The molecule has 1 heterocycles. The molecule has 9 N–H and O–H groups in total. The zero-order chi connectivity index (χ0) is 39.8. The number of urea groups is 1. The topological polar surface area (TPSA) is 257 Å². The Hall–Kier alpha value is -3.91. The Balaban J connectivity index is 1.11. The maximum absolute atomic E-state index is 13.2. The van der Waals surface area contributed by atoms with Gasteiger partial charge in [0.1, 0.15) is 30.1 Å². The van der Waals surface area contributed by atoms with E-state index in [1.54, 1.807) is 12.4 Å². The van der Waals surface area contributed by atoms with Crippen LogP contribution < -0.4 is 20.1 Å². The van der Waals surface area contributed by atoms with Crippen LogP contribution in [0.5, 0.6) is 5.75 Å². The monoisotopic (exact) mass is 806 g/mol. The number of carboxylic acids is 1. The van der Waals surface area contributed by atoms with E-state index in [4.69, 9.17) is 26.2 Å². The number of sulfonamides is 1. The lowest BCUT2D eigenvalue weighted by Crippen LogP contribution is -2.52. The smallest absolute Gasteiger partial charge is 0.326 e. The van der Waals surface area contributed by atoms with Gasteiger partial charge < -0.3 is 50.7 Å². The van der Waals surface area contributed by atoms with Crippen LogP contribution in [0.1, 0.15) is 56.1 Å². The van der Waals surface area contributed by atoms with Crippen molar-refractivity contribution < 1.29 is 58.1 Å². The SMILES string of the molecule is O=C(NC[C@H](O)[C@H](O)[C@H](O)[C@H](O)CO)N[C@@H](CCCCNS(=O)(=O)c1ccc(Cl)c(COC2(c3cnccc3-c3ccccc3OC3CC3)CC2)c1)C(=O)O. The van der Waals surface area contributed by atoms with Crippen molar-refractivity contribution in [2.45, 2.75) is 98.6 Å². The maximum Gasteiger partial charge on any atom is 0.326 e. The number of ether oxygens (including phenoxy) is 2. The molecule has 2 saturated carbocycles. The predicted molar refractivity (Wildman–Crippen MR) is 199 cm³/mol. The number of aliphatic hydroxyl groups is 5. The third-order valence-electron chi connectivity index (χ3n) is 9.46. The van der Waals surface area contributed by atoms with Gasteiger partial charge in [-0.05, 0) is 86.4 Å². The molecule has 5 atom stereocenters. The lowest BCUT2D eigenvalue weighted by Gasteiger charge is -2.26. The number of aromatic nitrogens is 1. The molecule has 0 radical (unpaired) electrons. The number of hydrogen-bond donors (Lipinski definition) is 9. The number of hydrogen-bond acceptors (Lipinski definition) is 12. The maximum atomic E-state index is 13.2. The number of pyridine rings is 1. The number of aliphatic carboxylic acids is 1. The second-order valence-corrected chi connectivity index (χ2v) is 15.9. The van der Waals surface area contributed by atoms with Crippen LogP contribution in [0, 0.1) is 0 Å². The molecule has 2 amide bonds. The van der Waals surface area contributed by atoms with E-state index < -0.39 is 71.2 Å². The Morgan fingerprint density at radius 2 is 1.71 bits per heavy atom. The molecular formula is C37H47ClN4O12S. The summed E-state index contributed by atoms with van der Waals surface area (Å²) >= 11 is 6.50. The van der Waals surface area contributed by atoms with Gasteiger partial charge in [0.2, 0.25) is 10.0 Å². The minimum absolute atomic E-state index is 0.0268. The first-order valence-electron chi connectivity index (χ1n) is 18.0. The standard InChI is InChI=1S/C37H47ClN4O12S/c38-28-11-10-24(55(51,52)41-15-4-3-6-29(35(48)49)42-36(50)40-19-30(44)33(46)34(47)31(45)20-43)17-22(28)21-53-37(13-14-37)27-18-39-16-12-25(27)26-5-1-2-7-32(26)54-23-8-9-23/h1-2,5,7,10-12,16-18,23,29-31,33-34,41,43-47H,3-4,6,8-9,13-15,19-21H2,(H,48,49)(H2,40,42,50)/t29-,30-,31+,33-,34+/m0/s1. The average molecular weight is 807 g/mol. The number of aliphatic hydroxyl groups excluding tert-OH is 5. The molecule has 300 valence electrons. The summed E-state index contributed by atoms with van der Waals surface area (Å²) in [4.78, 5) is 28.3. The van der Waals surface area contributed by atoms with Gasteiger partial charge >= 0.3 is 12.0 Å². The van der Waals surface area contributed by atoms with Crippen LogP contribution in [0.3, 0.4) is 0 Å². The summed E-state index contributed by atoms with van der Waals surface area (Å²) in [6.45, 7) is -1.46. The van der Waals surface area contributed by atoms with Crippen molar-refractivity contribution in [3.63, 3.8) is 0 Å². The highest BCUT2D eigenvalue weighted by molar-refractivity contribution is 7.89. The van der Waals surface area contributed by atoms with Crippen LogP contribution in [-0.2, 0) is 31.8 Å². The molecular weight excluding hydrogens is 760 g/mol. The number of carbonyl (C=O) groups is 2. The van der Waals surface area contributed by atoms with Gasteiger partial charge in [-0.15, -0.1) is 0 Å². The first-order chi connectivity index (χ1) is 26.2. The number of nitrogens with one attached hydrogen (secondary N) is 3. The molecule has 2 aromatic carbocycles. The molecule has 0 aliphatic heterocycles. The lowest BCUT2D eigenvalue weighted by atomic mass is 9.96. The number of amides is 2. The Bertz CT molecular complexity index is 1900. The van der Waals surface area contributed by atoms with Gasteiger partial charge in [0.15, 0.2) is 0 Å². The summed E-state index contributed by atoms with van der Waals surface area (Å²) in [5, 5.41) is 62.0. The number of carboxylic acid groups (broad SMARTS) is 1. The van der Waals surface area contributed by atoms with E-state index in [2.05, 4.69) is 20.3 Å². The molecule has 0 unspecified atom stereocenters. The van der Waals surface area contributed by atoms with Crippen molar-refractivity contribution >= 4 is 33.6 Å². The second-order valence-electron chi connectivity index (χ2n) is 13.7. The van der Waals surface area contributed by atoms with Crippen LogP contribution in [0.25, 0.3) is 11.1 Å². The van der Waals surface area contributed by atoms with Crippen molar-refractivity contribution in [2.24, 2.45) is 0 Å². The summed E-state index contributed by atoms with van der Waals surface area (Å²) < 4.78 is 41.6.